The number of amides is 1. The summed E-state index contributed by atoms with van der Waals surface area (Å²) in [5, 5.41) is 11.9. The van der Waals surface area contributed by atoms with E-state index in [2.05, 4.69) is 37.2 Å². The molecule has 0 atom stereocenters. The summed E-state index contributed by atoms with van der Waals surface area (Å²) < 4.78 is 1.46. The van der Waals surface area contributed by atoms with E-state index in [0.717, 1.165) is 20.9 Å². The van der Waals surface area contributed by atoms with E-state index in [-0.39, 0.29) is 0 Å². The fourth-order valence-corrected chi connectivity index (χ4v) is 3.73. The molecule has 6 heteroatoms. The van der Waals surface area contributed by atoms with E-state index in [0.29, 0.717) is 18.5 Å². The second-order valence-electron chi connectivity index (χ2n) is 4.80. The monoisotopic (exact) mass is 389 g/mol. The first-order valence-electron chi connectivity index (χ1n) is 5.87. The first kappa shape index (κ1) is 14.5. The molecule has 1 fully saturated rings. The van der Waals surface area contributed by atoms with Gasteiger partial charge in [0, 0.05) is 8.95 Å². The van der Waals surface area contributed by atoms with Gasteiger partial charge in [-0.1, -0.05) is 6.42 Å². The number of carbonyl (C=O) groups is 2. The third kappa shape index (κ3) is 2.56. The van der Waals surface area contributed by atoms with E-state index in [1.54, 1.807) is 0 Å². The van der Waals surface area contributed by atoms with Crippen molar-refractivity contribution in [2.45, 2.75) is 26.2 Å². The highest BCUT2D eigenvalue weighted by Gasteiger charge is 2.51. The summed E-state index contributed by atoms with van der Waals surface area (Å²) in [6, 6.07) is 3.74. The molecule has 2 N–H and O–H groups in total. The molecule has 19 heavy (non-hydrogen) atoms. The van der Waals surface area contributed by atoms with Crippen molar-refractivity contribution < 1.29 is 14.7 Å². The first-order chi connectivity index (χ1) is 8.86. The summed E-state index contributed by atoms with van der Waals surface area (Å²) in [6.45, 7) is 1.94. The zero-order chi connectivity index (χ0) is 14.2. The molecule has 1 aliphatic rings. The van der Waals surface area contributed by atoms with Gasteiger partial charge in [0.2, 0.25) is 5.91 Å². The standard InChI is InChI=1S/C13H13Br2NO3/c1-7-5-8(14)10(9(15)6-7)16-11(17)13(12(18)19)3-2-4-13/h5-6H,2-4H2,1H3,(H,16,17)(H,18,19). The minimum absolute atomic E-state index is 0.398. The van der Waals surface area contributed by atoms with E-state index >= 15 is 0 Å². The molecule has 0 unspecified atom stereocenters. The molecular formula is C13H13Br2NO3. The highest BCUT2D eigenvalue weighted by Crippen LogP contribution is 2.43. The van der Waals surface area contributed by atoms with Crippen LogP contribution in [0.15, 0.2) is 21.1 Å². The molecule has 4 nitrogen and oxygen atoms in total. The van der Waals surface area contributed by atoms with Gasteiger partial charge < -0.3 is 10.4 Å². The van der Waals surface area contributed by atoms with Crippen molar-refractivity contribution in [1.82, 2.24) is 0 Å². The van der Waals surface area contributed by atoms with E-state index in [9.17, 15) is 14.7 Å². The van der Waals surface area contributed by atoms with Gasteiger partial charge in [-0.25, -0.2) is 0 Å². The maximum Gasteiger partial charge on any atom is 0.319 e. The van der Waals surface area contributed by atoms with E-state index in [1.165, 1.54) is 0 Å². The number of anilines is 1. The third-order valence-corrected chi connectivity index (χ3v) is 4.73. The molecule has 0 saturated heterocycles. The van der Waals surface area contributed by atoms with Crippen molar-refractivity contribution in [2.75, 3.05) is 5.32 Å². The van der Waals surface area contributed by atoms with Crippen molar-refractivity contribution in [2.24, 2.45) is 5.41 Å². The minimum Gasteiger partial charge on any atom is -0.480 e. The largest absolute Gasteiger partial charge is 0.480 e. The van der Waals surface area contributed by atoms with Crippen molar-refractivity contribution in [1.29, 1.82) is 0 Å². The van der Waals surface area contributed by atoms with Crippen LogP contribution in [0.4, 0.5) is 5.69 Å². The van der Waals surface area contributed by atoms with Crippen molar-refractivity contribution in [3.63, 3.8) is 0 Å². The summed E-state index contributed by atoms with van der Waals surface area (Å²) in [4.78, 5) is 23.5. The van der Waals surface area contributed by atoms with Crippen LogP contribution in [0.3, 0.4) is 0 Å². The molecular weight excluding hydrogens is 378 g/mol. The van der Waals surface area contributed by atoms with Gasteiger partial charge in [-0.3, -0.25) is 9.59 Å². The van der Waals surface area contributed by atoms with Crippen LogP contribution in [0.2, 0.25) is 0 Å². The fourth-order valence-electron chi connectivity index (χ4n) is 2.12. The van der Waals surface area contributed by atoms with Crippen LogP contribution in [0.5, 0.6) is 0 Å². The molecule has 1 amide bonds. The van der Waals surface area contributed by atoms with Gasteiger partial charge in [0.15, 0.2) is 0 Å². The van der Waals surface area contributed by atoms with Crippen molar-refractivity contribution in [3.05, 3.63) is 26.6 Å². The fraction of sp³-hybridized carbons (Fsp3) is 0.385. The Kier molecular flexibility index (Phi) is 4.01. The molecule has 1 aromatic carbocycles. The summed E-state index contributed by atoms with van der Waals surface area (Å²) >= 11 is 6.76. The molecule has 0 spiro atoms. The van der Waals surface area contributed by atoms with Gasteiger partial charge in [0.1, 0.15) is 5.41 Å². The molecule has 0 aliphatic heterocycles. The second kappa shape index (κ2) is 5.25. The topological polar surface area (TPSA) is 66.4 Å². The lowest BCUT2D eigenvalue weighted by molar-refractivity contribution is -0.159. The van der Waals surface area contributed by atoms with Crippen LogP contribution >= 0.6 is 31.9 Å². The number of nitrogens with one attached hydrogen (secondary N) is 1. The Morgan fingerprint density at radius 2 is 1.79 bits per heavy atom. The number of aliphatic carboxylic acids is 1. The Morgan fingerprint density at radius 3 is 2.16 bits per heavy atom. The van der Waals surface area contributed by atoms with Crippen LogP contribution in [0, 0.1) is 12.3 Å². The van der Waals surface area contributed by atoms with E-state index in [1.807, 2.05) is 19.1 Å². The predicted octanol–water partition coefficient (Wildman–Crippen LogP) is 3.71. The molecule has 1 aromatic rings. The quantitative estimate of drug-likeness (QED) is 0.773. The smallest absolute Gasteiger partial charge is 0.319 e. The predicted molar refractivity (Wildman–Crippen MR) is 79.1 cm³/mol. The number of hydrogen-bond donors (Lipinski definition) is 2. The lowest BCUT2D eigenvalue weighted by atomic mass is 9.68. The molecule has 1 saturated carbocycles. The number of benzene rings is 1. The number of aryl methyl sites for hydroxylation is 1. The molecule has 102 valence electrons. The van der Waals surface area contributed by atoms with Gasteiger partial charge in [-0.05, 0) is 69.3 Å². The molecule has 0 radical (unpaired) electrons. The van der Waals surface area contributed by atoms with Crippen LogP contribution in [-0.4, -0.2) is 17.0 Å². The maximum absolute atomic E-state index is 12.2. The molecule has 2 rings (SSSR count). The SMILES string of the molecule is Cc1cc(Br)c(NC(=O)C2(C(=O)O)CCC2)c(Br)c1. The zero-order valence-electron chi connectivity index (χ0n) is 10.3. The van der Waals surface area contributed by atoms with Crippen molar-refractivity contribution >= 4 is 49.4 Å². The van der Waals surface area contributed by atoms with E-state index < -0.39 is 17.3 Å². The van der Waals surface area contributed by atoms with Gasteiger partial charge in [-0.2, -0.15) is 0 Å². The van der Waals surface area contributed by atoms with Gasteiger partial charge in [0.05, 0.1) is 5.69 Å². The molecule has 0 aromatic heterocycles. The number of carboxylic acids is 1. The average Bonchev–Trinajstić information content (AvgIpc) is 2.20. The third-order valence-electron chi connectivity index (χ3n) is 3.48. The number of carbonyl (C=O) groups excluding carboxylic acids is 1. The Labute approximate surface area is 127 Å². The average molecular weight is 391 g/mol. The Bertz CT molecular complexity index is 530. The molecule has 0 heterocycles. The Hall–Kier alpha value is -0.880. The van der Waals surface area contributed by atoms with Gasteiger partial charge in [-0.15, -0.1) is 0 Å². The lowest BCUT2D eigenvalue weighted by Crippen LogP contribution is -2.48. The lowest BCUT2D eigenvalue weighted by Gasteiger charge is -2.36. The molecule has 0 bridgehead atoms. The summed E-state index contributed by atoms with van der Waals surface area (Å²) in [5.74, 6) is -1.49. The Balaban J connectivity index is 2.27. The summed E-state index contributed by atoms with van der Waals surface area (Å²) in [6.07, 6.45) is 1.57. The second-order valence-corrected chi connectivity index (χ2v) is 6.51. The Morgan fingerprint density at radius 1 is 1.26 bits per heavy atom. The van der Waals surface area contributed by atoms with Crippen LogP contribution < -0.4 is 5.32 Å². The number of hydrogen-bond acceptors (Lipinski definition) is 2. The number of rotatable bonds is 3. The van der Waals surface area contributed by atoms with Gasteiger partial charge in [0.25, 0.3) is 0 Å². The van der Waals surface area contributed by atoms with Crippen LogP contribution in [-0.2, 0) is 9.59 Å². The highest BCUT2D eigenvalue weighted by atomic mass is 79.9. The number of carboxylic acid groups (broad SMARTS) is 1. The number of halogens is 2. The zero-order valence-corrected chi connectivity index (χ0v) is 13.5. The van der Waals surface area contributed by atoms with E-state index in [4.69, 9.17) is 0 Å². The minimum atomic E-state index is -1.26. The molecule has 1 aliphatic carbocycles. The van der Waals surface area contributed by atoms with Gasteiger partial charge >= 0.3 is 5.97 Å². The summed E-state index contributed by atoms with van der Waals surface area (Å²) in [7, 11) is 0. The highest BCUT2D eigenvalue weighted by molar-refractivity contribution is 9.11. The van der Waals surface area contributed by atoms with Crippen LogP contribution in [0.1, 0.15) is 24.8 Å². The maximum atomic E-state index is 12.2. The first-order valence-corrected chi connectivity index (χ1v) is 7.46. The normalized spacial score (nSPS) is 16.6. The van der Waals surface area contributed by atoms with Crippen LogP contribution in [0.25, 0.3) is 0 Å². The van der Waals surface area contributed by atoms with Crippen molar-refractivity contribution in [3.8, 4) is 0 Å². The summed E-state index contributed by atoms with van der Waals surface area (Å²) in [5.41, 5.74) is 0.348.